The van der Waals surface area contributed by atoms with Crippen LogP contribution in [-0.4, -0.2) is 43.9 Å². The lowest BCUT2D eigenvalue weighted by molar-refractivity contribution is 0.0777. The van der Waals surface area contributed by atoms with Gasteiger partial charge in [-0.25, -0.2) is 0 Å². The Balaban J connectivity index is 1.83. The molecule has 1 aromatic heterocycles. The monoisotopic (exact) mass is 281 g/mol. The van der Waals surface area contributed by atoms with E-state index in [1.807, 2.05) is 4.90 Å². The average Bonchev–Trinajstić information content (AvgIpc) is 3.10. The number of hydrogen-bond acceptors (Lipinski definition) is 5. The van der Waals surface area contributed by atoms with Crippen molar-refractivity contribution in [2.75, 3.05) is 13.1 Å². The highest BCUT2D eigenvalue weighted by Crippen LogP contribution is 2.34. The van der Waals surface area contributed by atoms with Gasteiger partial charge in [0, 0.05) is 19.0 Å². The van der Waals surface area contributed by atoms with Gasteiger partial charge in [0.05, 0.1) is 23.5 Å². The van der Waals surface area contributed by atoms with Gasteiger partial charge in [0.2, 0.25) is 0 Å². The van der Waals surface area contributed by atoms with E-state index in [2.05, 4.69) is 8.75 Å². The van der Waals surface area contributed by atoms with Crippen LogP contribution in [0.25, 0.3) is 0 Å². The Kier molecular flexibility index (Phi) is 3.79. The predicted octanol–water partition coefficient (Wildman–Crippen LogP) is 1.79. The third-order valence-electron chi connectivity index (χ3n) is 4.19. The Hall–Kier alpha value is -1.01. The Morgan fingerprint density at radius 2 is 1.89 bits per heavy atom. The van der Waals surface area contributed by atoms with Crippen LogP contribution in [0.4, 0.5) is 0 Å². The van der Waals surface area contributed by atoms with Gasteiger partial charge >= 0.3 is 0 Å². The van der Waals surface area contributed by atoms with Crippen molar-refractivity contribution in [2.45, 2.75) is 50.5 Å². The van der Waals surface area contributed by atoms with Gasteiger partial charge in [-0.2, -0.15) is 8.75 Å². The van der Waals surface area contributed by atoms with E-state index in [1.165, 1.54) is 0 Å². The minimum Gasteiger partial charge on any atom is -0.392 e. The summed E-state index contributed by atoms with van der Waals surface area (Å²) in [6.45, 7) is 1.64. The van der Waals surface area contributed by atoms with Crippen LogP contribution >= 0.6 is 11.7 Å². The van der Waals surface area contributed by atoms with Gasteiger partial charge in [-0.05, 0) is 25.7 Å². The summed E-state index contributed by atoms with van der Waals surface area (Å²) in [5.74, 6) is -0.00641. The molecule has 0 bridgehead atoms. The van der Waals surface area contributed by atoms with Gasteiger partial charge < -0.3 is 10.0 Å². The highest BCUT2D eigenvalue weighted by atomic mass is 32.1. The first-order chi connectivity index (χ1) is 9.27. The molecule has 1 N–H and O–H groups in total. The highest BCUT2D eigenvalue weighted by Gasteiger charge is 2.33. The van der Waals surface area contributed by atoms with Gasteiger partial charge in [0.15, 0.2) is 5.69 Å². The van der Waals surface area contributed by atoms with Gasteiger partial charge in [-0.3, -0.25) is 4.79 Å². The van der Waals surface area contributed by atoms with Crippen molar-refractivity contribution >= 4 is 17.6 Å². The lowest BCUT2D eigenvalue weighted by atomic mass is 9.83. The molecule has 2 aliphatic rings. The fourth-order valence-corrected chi connectivity index (χ4v) is 3.69. The number of hydrogen-bond donors (Lipinski definition) is 1. The Morgan fingerprint density at radius 1 is 1.16 bits per heavy atom. The van der Waals surface area contributed by atoms with Crippen LogP contribution in [0.5, 0.6) is 0 Å². The van der Waals surface area contributed by atoms with E-state index in [0.29, 0.717) is 5.69 Å². The molecule has 2 unspecified atom stereocenters. The summed E-state index contributed by atoms with van der Waals surface area (Å²) >= 11 is 1.09. The zero-order chi connectivity index (χ0) is 13.2. The van der Waals surface area contributed by atoms with Crippen LogP contribution in [0.2, 0.25) is 0 Å². The molecule has 2 atom stereocenters. The van der Waals surface area contributed by atoms with Crippen LogP contribution in [0, 0.1) is 0 Å². The first-order valence-corrected chi connectivity index (χ1v) is 7.80. The quantitative estimate of drug-likeness (QED) is 0.897. The molecule has 1 amide bonds. The van der Waals surface area contributed by atoms with E-state index >= 15 is 0 Å². The summed E-state index contributed by atoms with van der Waals surface area (Å²) in [6.07, 6.45) is 5.64. The second-order valence-corrected chi connectivity index (χ2v) is 5.98. The van der Waals surface area contributed by atoms with Crippen molar-refractivity contribution in [1.82, 2.24) is 13.6 Å². The molecule has 19 heavy (non-hydrogen) atoms. The lowest BCUT2D eigenvalue weighted by Crippen LogP contribution is -2.31. The number of aromatic nitrogens is 2. The maximum absolute atomic E-state index is 12.4. The van der Waals surface area contributed by atoms with Crippen molar-refractivity contribution in [3.05, 3.63) is 11.4 Å². The van der Waals surface area contributed by atoms with Gasteiger partial charge in [0.25, 0.3) is 5.91 Å². The second kappa shape index (κ2) is 5.54. The van der Waals surface area contributed by atoms with Gasteiger partial charge in [0.1, 0.15) is 0 Å². The highest BCUT2D eigenvalue weighted by molar-refractivity contribution is 6.99. The number of nitrogens with zero attached hydrogens (tertiary/aromatic N) is 3. The fraction of sp³-hybridized carbons (Fsp3) is 0.769. The molecule has 1 aliphatic carbocycles. The first kappa shape index (κ1) is 13.0. The summed E-state index contributed by atoms with van der Waals surface area (Å²) in [5.41, 5.74) is 1.21. The number of carbonyl (C=O) groups excluding carboxylic acids is 1. The molecule has 0 radical (unpaired) electrons. The van der Waals surface area contributed by atoms with Gasteiger partial charge in [-0.15, -0.1) is 0 Å². The molecular formula is C13H19N3O2S. The molecule has 0 spiro atoms. The third-order valence-corrected chi connectivity index (χ3v) is 4.73. The SMILES string of the molecule is O=C(c1nsnc1C1CCCCC1O)N1CCCC1. The molecule has 2 fully saturated rings. The molecule has 3 rings (SSSR count). The summed E-state index contributed by atoms with van der Waals surface area (Å²) in [5, 5.41) is 10.1. The second-order valence-electron chi connectivity index (χ2n) is 5.46. The topological polar surface area (TPSA) is 66.3 Å². The van der Waals surface area contributed by atoms with Crippen molar-refractivity contribution in [3.63, 3.8) is 0 Å². The van der Waals surface area contributed by atoms with Crippen LogP contribution < -0.4 is 0 Å². The Bertz CT molecular complexity index is 456. The standard InChI is InChI=1S/C13H19N3O2S/c17-10-6-2-1-5-9(10)11-12(15-19-14-11)13(18)16-7-3-4-8-16/h9-10,17H,1-8H2. The van der Waals surface area contributed by atoms with E-state index in [0.717, 1.165) is 69.0 Å². The lowest BCUT2D eigenvalue weighted by Gasteiger charge is -2.26. The summed E-state index contributed by atoms with van der Waals surface area (Å²) in [4.78, 5) is 14.3. The van der Waals surface area contributed by atoms with Crippen LogP contribution in [0.3, 0.4) is 0 Å². The molecule has 2 heterocycles. The van der Waals surface area contributed by atoms with Crippen LogP contribution in [0.1, 0.15) is 60.6 Å². The number of aliphatic hydroxyl groups excluding tert-OH is 1. The van der Waals surface area contributed by atoms with Crippen molar-refractivity contribution < 1.29 is 9.90 Å². The molecule has 1 saturated heterocycles. The van der Waals surface area contributed by atoms with Crippen LogP contribution in [0.15, 0.2) is 0 Å². The van der Waals surface area contributed by atoms with E-state index in [9.17, 15) is 9.90 Å². The summed E-state index contributed by atoms with van der Waals surface area (Å²) in [7, 11) is 0. The molecular weight excluding hydrogens is 262 g/mol. The molecule has 5 nitrogen and oxygen atoms in total. The number of aliphatic hydroxyl groups is 1. The van der Waals surface area contributed by atoms with Gasteiger partial charge in [-0.1, -0.05) is 12.8 Å². The normalized spacial score (nSPS) is 27.7. The average molecular weight is 281 g/mol. The van der Waals surface area contributed by atoms with Crippen molar-refractivity contribution in [1.29, 1.82) is 0 Å². The number of amides is 1. The van der Waals surface area contributed by atoms with E-state index in [-0.39, 0.29) is 17.9 Å². The van der Waals surface area contributed by atoms with Crippen LogP contribution in [-0.2, 0) is 0 Å². The van der Waals surface area contributed by atoms with E-state index < -0.39 is 0 Å². The number of carbonyl (C=O) groups is 1. The first-order valence-electron chi connectivity index (χ1n) is 7.07. The molecule has 1 aromatic rings. The molecule has 104 valence electrons. The molecule has 1 aliphatic heterocycles. The van der Waals surface area contributed by atoms with E-state index in [1.54, 1.807) is 0 Å². The van der Waals surface area contributed by atoms with E-state index in [4.69, 9.17) is 0 Å². The maximum atomic E-state index is 12.4. The minimum absolute atomic E-state index is 0.000904. The fourth-order valence-electron chi connectivity index (χ4n) is 3.09. The Labute approximate surface area is 117 Å². The predicted molar refractivity (Wildman–Crippen MR) is 72.3 cm³/mol. The summed E-state index contributed by atoms with van der Waals surface area (Å²) in [6, 6.07) is 0. The minimum atomic E-state index is -0.372. The van der Waals surface area contributed by atoms with Crippen molar-refractivity contribution in [3.8, 4) is 0 Å². The molecule has 1 saturated carbocycles. The maximum Gasteiger partial charge on any atom is 0.275 e. The number of likely N-dealkylation sites (tertiary alicyclic amines) is 1. The Morgan fingerprint density at radius 3 is 2.63 bits per heavy atom. The smallest absolute Gasteiger partial charge is 0.275 e. The zero-order valence-corrected chi connectivity index (χ0v) is 11.7. The third kappa shape index (κ3) is 2.51. The van der Waals surface area contributed by atoms with Crippen molar-refractivity contribution in [2.24, 2.45) is 0 Å². The molecule has 0 aromatic carbocycles. The largest absolute Gasteiger partial charge is 0.392 e. The summed E-state index contributed by atoms with van der Waals surface area (Å²) < 4.78 is 8.50. The zero-order valence-electron chi connectivity index (χ0n) is 10.9. The molecule has 6 heteroatoms. The number of rotatable bonds is 2.